The highest BCUT2D eigenvalue weighted by Crippen LogP contribution is 2.24. The normalized spacial score (nSPS) is 10.3. The largest absolute Gasteiger partial charge is 0.0848 e. The summed E-state index contributed by atoms with van der Waals surface area (Å²) in [5, 5.41) is 0. The Morgan fingerprint density at radius 1 is 0.444 bits per heavy atom. The molecule has 0 aliphatic heterocycles. The first kappa shape index (κ1) is 16.9. The van der Waals surface area contributed by atoms with Gasteiger partial charge in [0.1, 0.15) is 0 Å². The summed E-state index contributed by atoms with van der Waals surface area (Å²) in [6, 6.07) is 39.8. The number of benzene rings is 4. The molecule has 0 aliphatic rings. The Morgan fingerprint density at radius 2 is 0.889 bits per heavy atom. The van der Waals surface area contributed by atoms with Crippen molar-refractivity contribution in [2.24, 2.45) is 0 Å². The molecule has 0 saturated carbocycles. The van der Waals surface area contributed by atoms with Crippen molar-refractivity contribution in [2.75, 3.05) is 0 Å². The van der Waals surface area contributed by atoms with Gasteiger partial charge in [0.2, 0.25) is 0 Å². The Morgan fingerprint density at radius 3 is 1.41 bits per heavy atom. The molecule has 128 valence electrons. The Bertz CT molecular complexity index is 996. The number of rotatable bonds is 3. The third-order valence-electron chi connectivity index (χ3n) is 4.62. The van der Waals surface area contributed by atoms with Crippen molar-refractivity contribution < 1.29 is 0 Å². The van der Waals surface area contributed by atoms with Crippen LogP contribution in [-0.2, 0) is 0 Å². The van der Waals surface area contributed by atoms with Crippen LogP contribution in [0.1, 0.15) is 22.6 Å². The van der Waals surface area contributed by atoms with Crippen molar-refractivity contribution in [3.05, 3.63) is 132 Å². The second-order valence-electron chi connectivity index (χ2n) is 6.47. The van der Waals surface area contributed by atoms with Gasteiger partial charge >= 0.3 is 0 Å². The van der Waals surface area contributed by atoms with E-state index in [0.717, 1.165) is 5.56 Å². The monoisotopic (exact) mass is 344 g/mol. The fraction of sp³-hybridized carbons (Fsp3) is 0.0370. The molecule has 0 N–H and O–H groups in total. The van der Waals surface area contributed by atoms with Crippen LogP contribution >= 0.6 is 0 Å². The van der Waals surface area contributed by atoms with Crippen molar-refractivity contribution in [3.8, 4) is 23.0 Å². The van der Waals surface area contributed by atoms with Crippen molar-refractivity contribution in [2.45, 2.75) is 5.92 Å². The van der Waals surface area contributed by atoms with Crippen LogP contribution in [0.4, 0.5) is 0 Å². The fourth-order valence-corrected chi connectivity index (χ4v) is 3.18. The van der Waals surface area contributed by atoms with E-state index in [2.05, 4.69) is 109 Å². The van der Waals surface area contributed by atoms with Crippen LogP contribution in [0.25, 0.3) is 11.1 Å². The van der Waals surface area contributed by atoms with E-state index in [4.69, 9.17) is 0 Å². The summed E-state index contributed by atoms with van der Waals surface area (Å²) in [6.07, 6.45) is 0. The zero-order valence-electron chi connectivity index (χ0n) is 15.0. The number of hydrogen-bond acceptors (Lipinski definition) is 0. The van der Waals surface area contributed by atoms with Crippen molar-refractivity contribution >= 4 is 0 Å². The maximum absolute atomic E-state index is 3.48. The molecule has 0 radical (unpaired) electrons. The Labute approximate surface area is 161 Å². The zero-order chi connectivity index (χ0) is 18.3. The molecule has 0 aromatic heterocycles. The van der Waals surface area contributed by atoms with Gasteiger partial charge in [0.15, 0.2) is 0 Å². The molecule has 0 spiro atoms. The lowest BCUT2D eigenvalue weighted by atomic mass is 9.91. The maximum Gasteiger partial charge on any atom is 0.0705 e. The van der Waals surface area contributed by atoms with Gasteiger partial charge in [-0.15, -0.1) is 0 Å². The minimum Gasteiger partial charge on any atom is -0.0848 e. The molecule has 0 saturated heterocycles. The lowest BCUT2D eigenvalue weighted by Gasteiger charge is -2.11. The van der Waals surface area contributed by atoms with Gasteiger partial charge in [-0.25, -0.2) is 0 Å². The standard InChI is InChI=1S/C27H20/c1-4-10-23(11-5-1)24-19-16-22(17-20-24)18-21-27(25-12-6-2-7-13-25)26-14-8-3-9-15-26/h1-17,19-20,27H. The predicted octanol–water partition coefficient (Wildman–Crippen LogP) is 6.54. The smallest absolute Gasteiger partial charge is 0.0705 e. The van der Waals surface area contributed by atoms with E-state index in [0.29, 0.717) is 0 Å². The van der Waals surface area contributed by atoms with Gasteiger partial charge in [0, 0.05) is 5.56 Å². The molecule has 0 fully saturated rings. The summed E-state index contributed by atoms with van der Waals surface area (Å²) in [5.41, 5.74) is 5.91. The van der Waals surface area contributed by atoms with E-state index >= 15 is 0 Å². The molecule has 4 rings (SSSR count). The minimum absolute atomic E-state index is 0.0706. The van der Waals surface area contributed by atoms with Crippen LogP contribution in [0.2, 0.25) is 0 Å². The Kier molecular flexibility index (Phi) is 5.14. The summed E-state index contributed by atoms with van der Waals surface area (Å²) in [4.78, 5) is 0. The summed E-state index contributed by atoms with van der Waals surface area (Å²) in [7, 11) is 0. The van der Waals surface area contributed by atoms with Gasteiger partial charge in [0.25, 0.3) is 0 Å². The molecule has 27 heavy (non-hydrogen) atoms. The highest BCUT2D eigenvalue weighted by molar-refractivity contribution is 5.64. The molecule has 4 aromatic carbocycles. The summed E-state index contributed by atoms with van der Waals surface area (Å²) < 4.78 is 0. The molecular weight excluding hydrogens is 324 g/mol. The van der Waals surface area contributed by atoms with E-state index < -0.39 is 0 Å². The van der Waals surface area contributed by atoms with Crippen molar-refractivity contribution in [3.63, 3.8) is 0 Å². The van der Waals surface area contributed by atoms with E-state index in [9.17, 15) is 0 Å². The SMILES string of the molecule is C(#CC(c1ccccc1)c1ccccc1)c1ccc(-c2ccccc2)cc1. The van der Waals surface area contributed by atoms with Gasteiger partial charge in [-0.2, -0.15) is 0 Å². The summed E-state index contributed by atoms with van der Waals surface area (Å²) >= 11 is 0. The van der Waals surface area contributed by atoms with Crippen LogP contribution in [0, 0.1) is 11.8 Å². The lowest BCUT2D eigenvalue weighted by molar-refractivity contribution is 1.06. The highest BCUT2D eigenvalue weighted by atomic mass is 14.1. The molecule has 0 nitrogen and oxygen atoms in total. The minimum atomic E-state index is 0.0706. The van der Waals surface area contributed by atoms with Crippen molar-refractivity contribution in [1.29, 1.82) is 0 Å². The first-order valence-electron chi connectivity index (χ1n) is 9.17. The first-order chi connectivity index (χ1) is 13.4. The molecule has 0 unspecified atom stereocenters. The van der Waals surface area contributed by atoms with Crippen LogP contribution < -0.4 is 0 Å². The average Bonchev–Trinajstić information content (AvgIpc) is 2.76. The average molecular weight is 344 g/mol. The van der Waals surface area contributed by atoms with Gasteiger partial charge in [0.05, 0.1) is 5.92 Å². The molecule has 0 amide bonds. The summed E-state index contributed by atoms with van der Waals surface area (Å²) in [6.45, 7) is 0. The quantitative estimate of drug-likeness (QED) is 0.370. The molecule has 4 aromatic rings. The molecule has 0 bridgehead atoms. The molecule has 0 heteroatoms. The Hall–Kier alpha value is -3.56. The topological polar surface area (TPSA) is 0 Å². The van der Waals surface area contributed by atoms with Crippen LogP contribution in [-0.4, -0.2) is 0 Å². The second-order valence-corrected chi connectivity index (χ2v) is 6.47. The van der Waals surface area contributed by atoms with Gasteiger partial charge in [-0.3, -0.25) is 0 Å². The van der Waals surface area contributed by atoms with E-state index in [-0.39, 0.29) is 5.92 Å². The molecule has 0 heterocycles. The highest BCUT2D eigenvalue weighted by Gasteiger charge is 2.10. The molecule has 0 aliphatic carbocycles. The zero-order valence-corrected chi connectivity index (χ0v) is 15.0. The summed E-state index contributed by atoms with van der Waals surface area (Å²) in [5.74, 6) is 6.92. The van der Waals surface area contributed by atoms with E-state index in [1.54, 1.807) is 0 Å². The van der Waals surface area contributed by atoms with Gasteiger partial charge < -0.3 is 0 Å². The van der Waals surface area contributed by atoms with Gasteiger partial charge in [-0.1, -0.05) is 115 Å². The van der Waals surface area contributed by atoms with Crippen molar-refractivity contribution in [1.82, 2.24) is 0 Å². The van der Waals surface area contributed by atoms with E-state index in [1.807, 2.05) is 18.2 Å². The van der Waals surface area contributed by atoms with Crippen LogP contribution in [0.5, 0.6) is 0 Å². The Balaban J connectivity index is 1.64. The lowest BCUT2D eigenvalue weighted by Crippen LogP contribution is -1.98. The van der Waals surface area contributed by atoms with Gasteiger partial charge in [-0.05, 0) is 34.4 Å². The third kappa shape index (κ3) is 4.17. The van der Waals surface area contributed by atoms with Crippen LogP contribution in [0.3, 0.4) is 0 Å². The second kappa shape index (κ2) is 8.21. The maximum atomic E-state index is 3.48. The van der Waals surface area contributed by atoms with Crippen LogP contribution in [0.15, 0.2) is 115 Å². The fourth-order valence-electron chi connectivity index (χ4n) is 3.18. The first-order valence-corrected chi connectivity index (χ1v) is 9.17. The third-order valence-corrected chi connectivity index (χ3v) is 4.62. The molecular formula is C27H20. The molecule has 0 atom stereocenters. The van der Waals surface area contributed by atoms with E-state index in [1.165, 1.54) is 22.3 Å². The number of hydrogen-bond donors (Lipinski definition) is 0. The predicted molar refractivity (Wildman–Crippen MR) is 113 cm³/mol.